The molecular formula is C19H24O. The average molecular weight is 268 g/mol. The first kappa shape index (κ1) is 14.8. The number of Topliss-reactive ketones (excluding diaryl/α,β-unsaturated/α-hetero) is 1. The Morgan fingerprint density at radius 3 is 2.55 bits per heavy atom. The number of rotatable bonds is 7. The standard InChI is InChI=1S/C19H24O/c1-3-4-5-6-10-15(2)19(20)18-14-9-12-16-11-7-8-13-17(16)18/h7-9,11-15H,3-6,10H2,1-2H3. The van der Waals surface area contributed by atoms with E-state index in [0.717, 1.165) is 29.2 Å². The number of hydrogen-bond acceptors (Lipinski definition) is 1. The molecule has 0 saturated heterocycles. The van der Waals surface area contributed by atoms with E-state index in [1.54, 1.807) is 0 Å². The number of ketones is 1. The first-order valence-corrected chi connectivity index (χ1v) is 7.76. The molecule has 1 unspecified atom stereocenters. The molecule has 0 saturated carbocycles. The molecule has 0 spiro atoms. The van der Waals surface area contributed by atoms with Gasteiger partial charge in [0.15, 0.2) is 5.78 Å². The smallest absolute Gasteiger partial charge is 0.166 e. The van der Waals surface area contributed by atoms with Crippen LogP contribution in [-0.4, -0.2) is 5.78 Å². The molecule has 1 heteroatoms. The fraction of sp³-hybridized carbons (Fsp3) is 0.421. The fourth-order valence-electron chi connectivity index (χ4n) is 2.71. The molecule has 1 atom stereocenters. The van der Waals surface area contributed by atoms with Crippen molar-refractivity contribution in [2.75, 3.05) is 0 Å². The highest BCUT2D eigenvalue weighted by Crippen LogP contribution is 2.23. The molecule has 1 nitrogen and oxygen atoms in total. The van der Waals surface area contributed by atoms with Gasteiger partial charge in [0.2, 0.25) is 0 Å². The summed E-state index contributed by atoms with van der Waals surface area (Å²) in [5.41, 5.74) is 0.881. The van der Waals surface area contributed by atoms with E-state index >= 15 is 0 Å². The summed E-state index contributed by atoms with van der Waals surface area (Å²) in [7, 11) is 0. The molecule has 20 heavy (non-hydrogen) atoms. The molecule has 0 heterocycles. The van der Waals surface area contributed by atoms with Crippen molar-refractivity contribution >= 4 is 16.6 Å². The highest BCUT2D eigenvalue weighted by molar-refractivity contribution is 6.08. The minimum absolute atomic E-state index is 0.123. The van der Waals surface area contributed by atoms with Gasteiger partial charge in [-0.05, 0) is 17.2 Å². The molecule has 2 aromatic rings. The zero-order valence-corrected chi connectivity index (χ0v) is 12.6. The third-order valence-corrected chi connectivity index (χ3v) is 3.99. The number of carbonyl (C=O) groups excluding carboxylic acids is 1. The number of benzene rings is 2. The first-order chi connectivity index (χ1) is 9.74. The number of hydrogen-bond donors (Lipinski definition) is 0. The molecule has 0 N–H and O–H groups in total. The molecule has 2 aromatic carbocycles. The maximum Gasteiger partial charge on any atom is 0.166 e. The number of fused-ring (bicyclic) bond motifs is 1. The Balaban J connectivity index is 2.10. The van der Waals surface area contributed by atoms with Crippen molar-refractivity contribution in [2.45, 2.75) is 46.0 Å². The fourth-order valence-corrected chi connectivity index (χ4v) is 2.71. The molecular weight excluding hydrogens is 244 g/mol. The van der Waals surface area contributed by atoms with Gasteiger partial charge in [0.05, 0.1) is 0 Å². The zero-order valence-electron chi connectivity index (χ0n) is 12.6. The first-order valence-electron chi connectivity index (χ1n) is 7.76. The summed E-state index contributed by atoms with van der Waals surface area (Å²) >= 11 is 0. The monoisotopic (exact) mass is 268 g/mol. The molecule has 0 amide bonds. The summed E-state index contributed by atoms with van der Waals surface area (Å²) in [5, 5.41) is 2.23. The highest BCUT2D eigenvalue weighted by atomic mass is 16.1. The molecule has 0 aliphatic heterocycles. The maximum atomic E-state index is 12.6. The van der Waals surface area contributed by atoms with E-state index in [1.807, 2.05) is 30.3 Å². The number of unbranched alkanes of at least 4 members (excludes halogenated alkanes) is 3. The van der Waals surface area contributed by atoms with Crippen molar-refractivity contribution in [3.8, 4) is 0 Å². The summed E-state index contributed by atoms with van der Waals surface area (Å²) in [6, 6.07) is 14.2. The normalized spacial score (nSPS) is 12.5. The molecule has 0 aliphatic rings. The lowest BCUT2D eigenvalue weighted by Crippen LogP contribution is -2.11. The lowest BCUT2D eigenvalue weighted by atomic mass is 9.91. The van der Waals surface area contributed by atoms with Crippen LogP contribution in [0.1, 0.15) is 56.3 Å². The minimum Gasteiger partial charge on any atom is -0.294 e. The zero-order chi connectivity index (χ0) is 14.4. The molecule has 0 radical (unpaired) electrons. The van der Waals surface area contributed by atoms with Crippen LogP contribution in [0.2, 0.25) is 0 Å². The molecule has 0 aromatic heterocycles. The second kappa shape index (κ2) is 7.23. The Bertz CT molecular complexity index is 565. The van der Waals surface area contributed by atoms with Gasteiger partial charge in [-0.15, -0.1) is 0 Å². The van der Waals surface area contributed by atoms with Gasteiger partial charge in [0, 0.05) is 11.5 Å². The molecule has 0 bridgehead atoms. The summed E-state index contributed by atoms with van der Waals surface area (Å²) in [6.45, 7) is 4.28. The maximum absolute atomic E-state index is 12.6. The van der Waals surface area contributed by atoms with Crippen LogP contribution in [0.3, 0.4) is 0 Å². The Kier molecular flexibility index (Phi) is 5.34. The van der Waals surface area contributed by atoms with Crippen molar-refractivity contribution in [1.29, 1.82) is 0 Å². The van der Waals surface area contributed by atoms with E-state index in [2.05, 4.69) is 26.0 Å². The van der Waals surface area contributed by atoms with E-state index < -0.39 is 0 Å². The minimum atomic E-state index is 0.123. The Labute approximate surface area is 122 Å². The van der Waals surface area contributed by atoms with Crippen molar-refractivity contribution in [1.82, 2.24) is 0 Å². The Hall–Kier alpha value is -1.63. The third kappa shape index (κ3) is 3.47. The molecule has 0 fully saturated rings. The summed E-state index contributed by atoms with van der Waals surface area (Å²) in [5.74, 6) is 0.413. The van der Waals surface area contributed by atoms with E-state index in [-0.39, 0.29) is 5.92 Å². The van der Waals surface area contributed by atoms with Crippen molar-refractivity contribution in [2.24, 2.45) is 5.92 Å². The van der Waals surface area contributed by atoms with E-state index in [9.17, 15) is 4.79 Å². The van der Waals surface area contributed by atoms with Crippen LogP contribution in [0.25, 0.3) is 10.8 Å². The second-order valence-corrected chi connectivity index (χ2v) is 5.64. The lowest BCUT2D eigenvalue weighted by molar-refractivity contribution is 0.0924. The van der Waals surface area contributed by atoms with Crippen molar-refractivity contribution < 1.29 is 4.79 Å². The van der Waals surface area contributed by atoms with Crippen molar-refractivity contribution in [3.05, 3.63) is 48.0 Å². The largest absolute Gasteiger partial charge is 0.294 e. The van der Waals surface area contributed by atoms with E-state index in [4.69, 9.17) is 0 Å². The van der Waals surface area contributed by atoms with E-state index in [0.29, 0.717) is 5.78 Å². The summed E-state index contributed by atoms with van der Waals surface area (Å²) < 4.78 is 0. The van der Waals surface area contributed by atoms with Crippen LogP contribution in [0, 0.1) is 5.92 Å². The predicted octanol–water partition coefficient (Wildman–Crippen LogP) is 5.63. The molecule has 0 aliphatic carbocycles. The average Bonchev–Trinajstić information content (AvgIpc) is 2.50. The van der Waals surface area contributed by atoms with Crippen LogP contribution in [-0.2, 0) is 0 Å². The van der Waals surface area contributed by atoms with Crippen LogP contribution >= 0.6 is 0 Å². The summed E-state index contributed by atoms with van der Waals surface area (Å²) in [4.78, 5) is 12.6. The van der Waals surface area contributed by atoms with Gasteiger partial charge in [0.1, 0.15) is 0 Å². The van der Waals surface area contributed by atoms with Crippen LogP contribution in [0.15, 0.2) is 42.5 Å². The van der Waals surface area contributed by atoms with Crippen molar-refractivity contribution in [3.63, 3.8) is 0 Å². The van der Waals surface area contributed by atoms with Crippen LogP contribution < -0.4 is 0 Å². The Morgan fingerprint density at radius 1 is 1.00 bits per heavy atom. The van der Waals surface area contributed by atoms with Gasteiger partial charge < -0.3 is 0 Å². The predicted molar refractivity (Wildman–Crippen MR) is 86.2 cm³/mol. The van der Waals surface area contributed by atoms with Crippen LogP contribution in [0.5, 0.6) is 0 Å². The van der Waals surface area contributed by atoms with Crippen LogP contribution in [0.4, 0.5) is 0 Å². The van der Waals surface area contributed by atoms with E-state index in [1.165, 1.54) is 19.3 Å². The lowest BCUT2D eigenvalue weighted by Gasteiger charge is -2.12. The number of carbonyl (C=O) groups is 1. The SMILES string of the molecule is CCCCCCC(C)C(=O)c1cccc2ccccc12. The summed E-state index contributed by atoms with van der Waals surface area (Å²) in [6.07, 6.45) is 5.91. The topological polar surface area (TPSA) is 17.1 Å². The third-order valence-electron chi connectivity index (χ3n) is 3.99. The second-order valence-electron chi connectivity index (χ2n) is 5.64. The quantitative estimate of drug-likeness (QED) is 0.470. The molecule has 2 rings (SSSR count). The van der Waals surface area contributed by atoms with Gasteiger partial charge in [-0.3, -0.25) is 4.79 Å². The van der Waals surface area contributed by atoms with Gasteiger partial charge in [-0.25, -0.2) is 0 Å². The van der Waals surface area contributed by atoms with Gasteiger partial charge >= 0.3 is 0 Å². The van der Waals surface area contributed by atoms with Gasteiger partial charge in [-0.1, -0.05) is 82.0 Å². The molecule has 106 valence electrons. The van der Waals surface area contributed by atoms with Gasteiger partial charge in [0.25, 0.3) is 0 Å². The van der Waals surface area contributed by atoms with Gasteiger partial charge in [-0.2, -0.15) is 0 Å². The Morgan fingerprint density at radius 2 is 1.75 bits per heavy atom. The highest BCUT2D eigenvalue weighted by Gasteiger charge is 2.16.